The molecule has 1 atom stereocenters. The number of carbonyl (C=O) groups excluding carboxylic acids is 2. The van der Waals surface area contributed by atoms with Crippen LogP contribution in [-0.4, -0.2) is 35.0 Å². The van der Waals surface area contributed by atoms with Gasteiger partial charge in [0.1, 0.15) is 5.82 Å². The molecule has 1 saturated heterocycles. The quantitative estimate of drug-likeness (QED) is 0.559. The van der Waals surface area contributed by atoms with Gasteiger partial charge in [-0.2, -0.15) is 0 Å². The first-order chi connectivity index (χ1) is 16.5. The maximum absolute atomic E-state index is 13.5. The van der Waals surface area contributed by atoms with E-state index >= 15 is 0 Å². The molecule has 0 saturated carbocycles. The Balaban J connectivity index is 1.36. The van der Waals surface area contributed by atoms with Gasteiger partial charge >= 0.3 is 0 Å². The fourth-order valence-electron chi connectivity index (χ4n) is 5.14. The largest absolute Gasteiger partial charge is 0.356 e. The SMILES string of the molecule is CCc1cccc(CC)c1N1CC(C(=O)N2CCc3noc(-c4ccc(F)cc4)c3C2)CC1=O. The molecule has 0 spiro atoms. The van der Waals surface area contributed by atoms with Crippen molar-refractivity contribution in [1.82, 2.24) is 10.1 Å². The van der Waals surface area contributed by atoms with Crippen molar-refractivity contribution in [3.05, 3.63) is 70.7 Å². The van der Waals surface area contributed by atoms with Gasteiger partial charge in [0.25, 0.3) is 0 Å². The first-order valence-electron chi connectivity index (χ1n) is 11.9. The molecule has 2 aliphatic heterocycles. The summed E-state index contributed by atoms with van der Waals surface area (Å²) in [6, 6.07) is 12.2. The zero-order chi connectivity index (χ0) is 23.8. The van der Waals surface area contributed by atoms with Gasteiger partial charge in [-0.15, -0.1) is 0 Å². The number of nitrogens with zero attached hydrogens (tertiary/aromatic N) is 3. The van der Waals surface area contributed by atoms with Crippen LogP contribution < -0.4 is 4.90 Å². The van der Waals surface area contributed by atoms with E-state index in [9.17, 15) is 14.0 Å². The summed E-state index contributed by atoms with van der Waals surface area (Å²) in [4.78, 5) is 30.2. The van der Waals surface area contributed by atoms with Gasteiger partial charge in [-0.25, -0.2) is 4.39 Å². The average molecular weight is 462 g/mol. The average Bonchev–Trinajstić information content (AvgIpc) is 3.46. The summed E-state index contributed by atoms with van der Waals surface area (Å²) in [5.74, 6) is -0.137. The third-order valence-electron chi connectivity index (χ3n) is 6.96. The van der Waals surface area contributed by atoms with Crippen molar-refractivity contribution in [2.45, 2.75) is 46.1 Å². The smallest absolute Gasteiger partial charge is 0.228 e. The highest BCUT2D eigenvalue weighted by Gasteiger charge is 2.39. The molecule has 0 radical (unpaired) electrons. The Morgan fingerprint density at radius 1 is 1.12 bits per heavy atom. The number of benzene rings is 2. The lowest BCUT2D eigenvalue weighted by atomic mass is 9.99. The molecule has 176 valence electrons. The Hall–Kier alpha value is -3.48. The summed E-state index contributed by atoms with van der Waals surface area (Å²) in [6.45, 7) is 5.49. The summed E-state index contributed by atoms with van der Waals surface area (Å²) >= 11 is 0. The van der Waals surface area contributed by atoms with E-state index in [1.165, 1.54) is 12.1 Å². The van der Waals surface area contributed by atoms with Gasteiger partial charge in [-0.1, -0.05) is 37.2 Å². The number of hydrogen-bond acceptors (Lipinski definition) is 4. The maximum Gasteiger partial charge on any atom is 0.228 e. The molecule has 0 bridgehead atoms. The van der Waals surface area contributed by atoms with Crippen molar-refractivity contribution in [2.75, 3.05) is 18.0 Å². The lowest BCUT2D eigenvalue weighted by molar-refractivity contribution is -0.136. The molecule has 2 amide bonds. The second-order valence-electron chi connectivity index (χ2n) is 8.99. The number of aryl methyl sites for hydroxylation is 2. The number of anilines is 1. The molecule has 1 fully saturated rings. The molecule has 7 heteroatoms. The number of carbonyl (C=O) groups is 2. The topological polar surface area (TPSA) is 66.7 Å². The summed E-state index contributed by atoms with van der Waals surface area (Å²) in [5.41, 5.74) is 5.67. The van der Waals surface area contributed by atoms with Crippen molar-refractivity contribution in [3.63, 3.8) is 0 Å². The van der Waals surface area contributed by atoms with E-state index < -0.39 is 0 Å². The van der Waals surface area contributed by atoms with Crippen LogP contribution in [0, 0.1) is 11.7 Å². The minimum atomic E-state index is -0.377. The fourth-order valence-corrected chi connectivity index (χ4v) is 5.14. The molecular weight excluding hydrogens is 433 g/mol. The van der Waals surface area contributed by atoms with E-state index in [1.54, 1.807) is 17.0 Å². The van der Waals surface area contributed by atoms with E-state index in [2.05, 4.69) is 31.1 Å². The number of aromatic nitrogens is 1. The van der Waals surface area contributed by atoms with Gasteiger partial charge < -0.3 is 14.3 Å². The Morgan fingerprint density at radius 3 is 2.50 bits per heavy atom. The first-order valence-corrected chi connectivity index (χ1v) is 11.9. The third kappa shape index (κ3) is 3.89. The molecule has 1 unspecified atom stereocenters. The summed E-state index contributed by atoms with van der Waals surface area (Å²) in [7, 11) is 0. The molecule has 5 rings (SSSR count). The second-order valence-corrected chi connectivity index (χ2v) is 8.99. The van der Waals surface area contributed by atoms with E-state index in [-0.39, 0.29) is 30.0 Å². The van der Waals surface area contributed by atoms with Gasteiger partial charge in [-0.05, 0) is 48.2 Å². The van der Waals surface area contributed by atoms with E-state index in [0.717, 1.165) is 46.5 Å². The third-order valence-corrected chi connectivity index (χ3v) is 6.96. The van der Waals surface area contributed by atoms with Crippen LogP contribution in [0.25, 0.3) is 11.3 Å². The highest BCUT2D eigenvalue weighted by atomic mass is 19.1. The van der Waals surface area contributed by atoms with Crippen LogP contribution in [0.15, 0.2) is 47.0 Å². The summed E-state index contributed by atoms with van der Waals surface area (Å²) in [5, 5.41) is 4.18. The fraction of sp³-hybridized carbons (Fsp3) is 0.370. The summed E-state index contributed by atoms with van der Waals surface area (Å²) in [6.07, 6.45) is 2.48. The minimum absolute atomic E-state index is 0.00336. The number of fused-ring (bicyclic) bond motifs is 1. The van der Waals surface area contributed by atoms with Crippen molar-refractivity contribution < 1.29 is 18.5 Å². The Labute approximate surface area is 198 Å². The van der Waals surface area contributed by atoms with Crippen LogP contribution in [0.4, 0.5) is 10.1 Å². The van der Waals surface area contributed by atoms with Crippen molar-refractivity contribution in [3.8, 4) is 11.3 Å². The highest BCUT2D eigenvalue weighted by Crippen LogP contribution is 2.35. The zero-order valence-corrected chi connectivity index (χ0v) is 19.5. The predicted octanol–water partition coefficient (Wildman–Crippen LogP) is 4.54. The van der Waals surface area contributed by atoms with E-state index in [0.29, 0.717) is 31.8 Å². The van der Waals surface area contributed by atoms with Crippen LogP contribution in [0.3, 0.4) is 0 Å². The van der Waals surface area contributed by atoms with Crippen LogP contribution in [0.1, 0.15) is 42.7 Å². The number of amides is 2. The van der Waals surface area contributed by atoms with E-state index in [1.807, 2.05) is 11.0 Å². The molecule has 3 aromatic rings. The molecule has 34 heavy (non-hydrogen) atoms. The minimum Gasteiger partial charge on any atom is -0.356 e. The van der Waals surface area contributed by atoms with Gasteiger partial charge in [0, 0.05) is 42.7 Å². The second kappa shape index (κ2) is 9.05. The van der Waals surface area contributed by atoms with Crippen molar-refractivity contribution in [1.29, 1.82) is 0 Å². The van der Waals surface area contributed by atoms with Gasteiger partial charge in [0.05, 0.1) is 18.2 Å². The molecular formula is C27H28FN3O3. The number of halogens is 1. The molecule has 0 N–H and O–H groups in total. The predicted molar refractivity (Wildman–Crippen MR) is 127 cm³/mol. The molecule has 3 heterocycles. The van der Waals surface area contributed by atoms with Crippen LogP contribution in [-0.2, 0) is 35.4 Å². The van der Waals surface area contributed by atoms with Crippen LogP contribution >= 0.6 is 0 Å². The maximum atomic E-state index is 13.5. The van der Waals surface area contributed by atoms with Crippen LogP contribution in [0.2, 0.25) is 0 Å². The zero-order valence-electron chi connectivity index (χ0n) is 19.5. The number of rotatable bonds is 5. The lowest BCUT2D eigenvalue weighted by Crippen LogP contribution is -2.40. The molecule has 2 aromatic carbocycles. The Kier molecular flexibility index (Phi) is 5.94. The molecule has 1 aromatic heterocycles. The van der Waals surface area contributed by atoms with Gasteiger partial charge in [0.2, 0.25) is 11.8 Å². The standard InChI is InChI=1S/C27H28FN3O3/c1-3-17-6-5-7-18(4-2)25(17)31-15-20(14-24(31)32)27(33)30-13-12-23-22(16-30)26(34-29-23)19-8-10-21(28)11-9-19/h5-11,20H,3-4,12-16H2,1-2H3. The highest BCUT2D eigenvalue weighted by molar-refractivity contribution is 6.01. The molecule has 0 aliphatic carbocycles. The number of para-hydroxylation sites is 1. The Morgan fingerprint density at radius 2 is 1.82 bits per heavy atom. The van der Waals surface area contributed by atoms with Gasteiger partial charge in [-0.3, -0.25) is 9.59 Å². The monoisotopic (exact) mass is 461 g/mol. The molecule has 2 aliphatic rings. The normalized spacial score (nSPS) is 17.9. The van der Waals surface area contributed by atoms with Crippen LogP contribution in [0.5, 0.6) is 0 Å². The van der Waals surface area contributed by atoms with Crippen molar-refractivity contribution >= 4 is 17.5 Å². The van der Waals surface area contributed by atoms with Gasteiger partial charge in [0.15, 0.2) is 5.76 Å². The Bertz CT molecular complexity index is 1210. The first kappa shape index (κ1) is 22.3. The van der Waals surface area contributed by atoms with Crippen molar-refractivity contribution in [2.24, 2.45) is 5.92 Å². The summed E-state index contributed by atoms with van der Waals surface area (Å²) < 4.78 is 18.9. The van der Waals surface area contributed by atoms with E-state index in [4.69, 9.17) is 4.52 Å². The number of hydrogen-bond donors (Lipinski definition) is 0. The molecule has 6 nitrogen and oxygen atoms in total. The lowest BCUT2D eigenvalue weighted by Gasteiger charge is -2.29.